The maximum absolute atomic E-state index is 14.6. The molecule has 0 radical (unpaired) electrons. The smallest absolute Gasteiger partial charge is 0.341 e. The van der Waals surface area contributed by atoms with E-state index in [2.05, 4.69) is 0 Å². The van der Waals surface area contributed by atoms with E-state index in [4.69, 9.17) is 28.4 Å². The molecule has 0 heterocycles. The van der Waals surface area contributed by atoms with E-state index in [1.54, 1.807) is 0 Å². The summed E-state index contributed by atoms with van der Waals surface area (Å²) in [6, 6.07) is 49.1. The van der Waals surface area contributed by atoms with Gasteiger partial charge >= 0.3 is 5.97 Å². The Bertz CT molecular complexity index is 2910. The summed E-state index contributed by atoms with van der Waals surface area (Å²) in [6.45, 7) is 1.60. The SMILES string of the molecule is COC(=O)c1c(O)cc2c(c1C)C(=O)c1c(O)c(C(O)[C@@H](OCc3ccccc3)[C@H](OCc3ccccc3)[C@@H](OCc3ccccc3)[C@H](COCc3ccccc3)OCc3ccccc3)cc(O)c1C2=O. The fourth-order valence-corrected chi connectivity index (χ4v) is 8.76. The van der Waals surface area contributed by atoms with Crippen molar-refractivity contribution in [1.29, 1.82) is 0 Å². The standard InChI is InChI=1S/C58H54O13/c1-36-47-42(28-44(59)48(36)58(65)66-2)51(61)49-45(60)29-43(52(62)50(49)54(47)64)53(63)56(70-33-40-24-14-6-15-25-40)57(71-34-41-26-16-7-17-27-41)55(69-32-39-22-12-5-13-23-39)46(68-31-38-20-10-4-11-21-38)35-67-30-37-18-8-3-9-19-37/h3-29,46,53,55-57,59-60,62-63H,30-35H2,1-2H3/t46-,53?,55-,56+,57+/m0/s1. The van der Waals surface area contributed by atoms with Gasteiger partial charge in [0.05, 0.1) is 57.9 Å². The van der Waals surface area contributed by atoms with E-state index in [0.29, 0.717) is 5.56 Å². The summed E-state index contributed by atoms with van der Waals surface area (Å²) in [6.07, 6.45) is -6.75. The highest BCUT2D eigenvalue weighted by molar-refractivity contribution is 6.31. The molecule has 4 N–H and O–H groups in total. The highest BCUT2D eigenvalue weighted by atomic mass is 16.6. The zero-order valence-electron chi connectivity index (χ0n) is 39.2. The molecule has 13 nitrogen and oxygen atoms in total. The van der Waals surface area contributed by atoms with Crippen molar-refractivity contribution in [2.45, 2.75) is 70.5 Å². The number of hydrogen-bond donors (Lipinski definition) is 4. The van der Waals surface area contributed by atoms with Crippen molar-refractivity contribution in [3.05, 3.63) is 231 Å². The van der Waals surface area contributed by atoms with Crippen LogP contribution in [0.3, 0.4) is 0 Å². The Hall–Kier alpha value is -7.49. The highest BCUT2D eigenvalue weighted by Gasteiger charge is 2.45. The van der Waals surface area contributed by atoms with Gasteiger partial charge in [-0.3, -0.25) is 9.59 Å². The van der Waals surface area contributed by atoms with Gasteiger partial charge in [0, 0.05) is 16.7 Å². The molecule has 0 aliphatic heterocycles. The fraction of sp³-hybridized carbons (Fsp3) is 0.224. The summed E-state index contributed by atoms with van der Waals surface area (Å²) in [5, 5.41) is 47.8. The summed E-state index contributed by atoms with van der Waals surface area (Å²) in [5.41, 5.74) is 1.45. The second-order valence-electron chi connectivity index (χ2n) is 17.1. The lowest BCUT2D eigenvalue weighted by Gasteiger charge is -2.39. The Morgan fingerprint density at radius 1 is 0.507 bits per heavy atom. The van der Waals surface area contributed by atoms with Crippen LogP contribution in [0.5, 0.6) is 17.2 Å². The molecule has 0 spiro atoms. The lowest BCUT2D eigenvalue weighted by molar-refractivity contribution is -0.216. The normalized spacial score (nSPS) is 14.2. The van der Waals surface area contributed by atoms with Gasteiger partial charge < -0.3 is 48.8 Å². The molecule has 0 bridgehead atoms. The zero-order valence-corrected chi connectivity index (χ0v) is 39.2. The third kappa shape index (κ3) is 11.6. The number of fused-ring (bicyclic) bond motifs is 2. The van der Waals surface area contributed by atoms with E-state index < -0.39 is 76.4 Å². The molecule has 364 valence electrons. The van der Waals surface area contributed by atoms with Crippen LogP contribution in [-0.4, -0.2) is 76.1 Å². The second-order valence-corrected chi connectivity index (χ2v) is 17.1. The average molecular weight is 959 g/mol. The number of carbonyl (C=O) groups excluding carboxylic acids is 3. The van der Waals surface area contributed by atoms with Crippen molar-refractivity contribution in [2.75, 3.05) is 13.7 Å². The quantitative estimate of drug-likeness (QED) is 0.0372. The first-order valence-corrected chi connectivity index (χ1v) is 23.1. The number of esters is 1. The molecular formula is C58H54O13. The second kappa shape index (κ2) is 23.4. The van der Waals surface area contributed by atoms with E-state index in [0.717, 1.165) is 41.5 Å². The first-order valence-electron chi connectivity index (χ1n) is 23.1. The van der Waals surface area contributed by atoms with E-state index in [9.17, 15) is 34.8 Å². The number of ketones is 2. The van der Waals surface area contributed by atoms with E-state index in [-0.39, 0.29) is 67.5 Å². The molecule has 1 aliphatic carbocycles. The third-order valence-electron chi connectivity index (χ3n) is 12.4. The summed E-state index contributed by atoms with van der Waals surface area (Å²) in [7, 11) is 1.10. The van der Waals surface area contributed by atoms with Gasteiger partial charge in [-0.15, -0.1) is 0 Å². The molecule has 7 aromatic rings. The minimum Gasteiger partial charge on any atom is -0.507 e. The van der Waals surface area contributed by atoms with Crippen LogP contribution in [0.4, 0.5) is 0 Å². The predicted octanol–water partition coefficient (Wildman–Crippen LogP) is 9.27. The summed E-state index contributed by atoms with van der Waals surface area (Å²) >= 11 is 0. The number of carbonyl (C=O) groups is 3. The molecule has 1 unspecified atom stereocenters. The number of phenols is 3. The molecule has 71 heavy (non-hydrogen) atoms. The van der Waals surface area contributed by atoms with Crippen LogP contribution in [0.2, 0.25) is 0 Å². The number of aliphatic hydroxyl groups is 1. The number of phenolic OH excluding ortho intramolecular Hbond substituents is 3. The Morgan fingerprint density at radius 3 is 1.42 bits per heavy atom. The molecule has 1 aliphatic rings. The van der Waals surface area contributed by atoms with Crippen LogP contribution in [0.25, 0.3) is 0 Å². The van der Waals surface area contributed by atoms with E-state index >= 15 is 0 Å². The Kier molecular flexibility index (Phi) is 16.5. The Morgan fingerprint density at radius 2 is 0.944 bits per heavy atom. The van der Waals surface area contributed by atoms with E-state index in [1.165, 1.54) is 6.92 Å². The molecule has 0 saturated carbocycles. The number of ether oxygens (including phenoxy) is 6. The maximum atomic E-state index is 14.6. The Labute approximate surface area is 411 Å². The van der Waals surface area contributed by atoms with Crippen LogP contribution < -0.4 is 0 Å². The van der Waals surface area contributed by atoms with Crippen LogP contribution in [0.1, 0.15) is 87.2 Å². The van der Waals surface area contributed by atoms with Crippen molar-refractivity contribution in [3.63, 3.8) is 0 Å². The monoisotopic (exact) mass is 958 g/mol. The third-order valence-corrected chi connectivity index (χ3v) is 12.4. The number of aromatic hydroxyl groups is 3. The van der Waals surface area contributed by atoms with Gasteiger partial charge in [0.25, 0.3) is 0 Å². The first kappa shape index (κ1) is 49.9. The minimum atomic E-state index is -1.92. The van der Waals surface area contributed by atoms with Gasteiger partial charge in [-0.1, -0.05) is 152 Å². The van der Waals surface area contributed by atoms with Crippen molar-refractivity contribution in [1.82, 2.24) is 0 Å². The summed E-state index contributed by atoms with van der Waals surface area (Å²) in [4.78, 5) is 41.6. The number of hydrogen-bond acceptors (Lipinski definition) is 13. The summed E-state index contributed by atoms with van der Waals surface area (Å²) < 4.78 is 38.7. The van der Waals surface area contributed by atoms with Gasteiger partial charge in [0.1, 0.15) is 53.3 Å². The number of aliphatic hydroxyl groups excluding tert-OH is 1. The topological polar surface area (TPSA) is 188 Å². The zero-order chi connectivity index (χ0) is 49.9. The highest BCUT2D eigenvalue weighted by Crippen LogP contribution is 2.46. The summed E-state index contributed by atoms with van der Waals surface area (Å²) in [5.74, 6) is -5.03. The van der Waals surface area contributed by atoms with Gasteiger partial charge in [-0.25, -0.2) is 4.79 Å². The molecule has 0 fully saturated rings. The molecule has 7 aromatic carbocycles. The molecule has 8 rings (SSSR count). The van der Waals surface area contributed by atoms with Crippen LogP contribution in [0, 0.1) is 6.92 Å². The minimum absolute atomic E-state index is 0.0231. The molecule has 13 heteroatoms. The lowest BCUT2D eigenvalue weighted by Crippen LogP contribution is -2.52. The van der Waals surface area contributed by atoms with Crippen LogP contribution >= 0.6 is 0 Å². The average Bonchev–Trinajstić information content (AvgIpc) is 3.39. The van der Waals surface area contributed by atoms with Crippen molar-refractivity contribution in [2.24, 2.45) is 0 Å². The predicted molar refractivity (Wildman–Crippen MR) is 262 cm³/mol. The van der Waals surface area contributed by atoms with E-state index in [1.807, 2.05) is 152 Å². The molecule has 5 atom stereocenters. The molecular weight excluding hydrogens is 905 g/mol. The van der Waals surface area contributed by atoms with Gasteiger partial charge in [-0.05, 0) is 52.4 Å². The van der Waals surface area contributed by atoms with Crippen molar-refractivity contribution < 1.29 is 63.2 Å². The first-order chi connectivity index (χ1) is 34.5. The number of methoxy groups -OCH3 is 1. The number of benzene rings is 7. The molecule has 0 amide bonds. The lowest BCUT2D eigenvalue weighted by atomic mass is 9.78. The van der Waals surface area contributed by atoms with Gasteiger partial charge in [0.15, 0.2) is 11.6 Å². The largest absolute Gasteiger partial charge is 0.507 e. The molecule has 0 aromatic heterocycles. The molecule has 0 saturated heterocycles. The van der Waals surface area contributed by atoms with Crippen molar-refractivity contribution in [3.8, 4) is 17.2 Å². The number of rotatable bonds is 22. The maximum Gasteiger partial charge on any atom is 0.341 e. The van der Waals surface area contributed by atoms with Crippen LogP contribution in [0.15, 0.2) is 164 Å². The fourth-order valence-electron chi connectivity index (χ4n) is 8.76. The van der Waals surface area contributed by atoms with Gasteiger partial charge in [0.2, 0.25) is 0 Å². The van der Waals surface area contributed by atoms with Crippen molar-refractivity contribution >= 4 is 17.5 Å². The Balaban J connectivity index is 1.27. The van der Waals surface area contributed by atoms with Gasteiger partial charge in [-0.2, -0.15) is 0 Å². The van der Waals surface area contributed by atoms with Crippen LogP contribution in [-0.2, 0) is 61.5 Å².